The van der Waals surface area contributed by atoms with Crippen molar-refractivity contribution >= 4 is 23.7 Å². The van der Waals surface area contributed by atoms with Crippen molar-refractivity contribution in [3.63, 3.8) is 0 Å². The lowest BCUT2D eigenvalue weighted by Gasteiger charge is -2.36. The summed E-state index contributed by atoms with van der Waals surface area (Å²) in [7, 11) is 0. The maximum Gasteiger partial charge on any atom is 0.332 e. The molecule has 3 amide bonds. The molecule has 0 radical (unpaired) electrons. The predicted molar refractivity (Wildman–Crippen MR) is 115 cm³/mol. The van der Waals surface area contributed by atoms with Gasteiger partial charge in [-0.2, -0.15) is 0 Å². The van der Waals surface area contributed by atoms with E-state index in [1.54, 1.807) is 4.90 Å². The van der Waals surface area contributed by atoms with Crippen molar-refractivity contribution < 1.29 is 23.9 Å². The third kappa shape index (κ3) is 6.20. The maximum atomic E-state index is 12.8. The summed E-state index contributed by atoms with van der Waals surface area (Å²) < 4.78 is 5.36. The number of carbonyl (C=O) groups excluding carboxylic acids is 4. The minimum atomic E-state index is -1.00. The van der Waals surface area contributed by atoms with Crippen molar-refractivity contribution in [1.82, 2.24) is 15.1 Å². The zero-order valence-electron chi connectivity index (χ0n) is 18.8. The van der Waals surface area contributed by atoms with Crippen LogP contribution in [0.3, 0.4) is 0 Å². The summed E-state index contributed by atoms with van der Waals surface area (Å²) in [5, 5.41) is 2.77. The number of hydrogen-bond acceptors (Lipinski definition) is 5. The number of rotatable bonds is 5. The number of nitrogens with one attached hydrogen (secondary N) is 1. The first-order valence-electron chi connectivity index (χ1n) is 11.9. The van der Waals surface area contributed by atoms with Crippen molar-refractivity contribution in [3.8, 4) is 0 Å². The first kappa shape index (κ1) is 23.5. The van der Waals surface area contributed by atoms with Crippen molar-refractivity contribution in [1.29, 1.82) is 0 Å². The Kier molecular flexibility index (Phi) is 8.32. The number of likely N-dealkylation sites (tertiary alicyclic amines) is 2. The molecular weight excluding hydrogens is 398 g/mol. The molecule has 0 atom stereocenters. The summed E-state index contributed by atoms with van der Waals surface area (Å²) in [6.07, 6.45) is 9.67. The molecule has 2 aliphatic heterocycles. The van der Waals surface area contributed by atoms with E-state index in [-0.39, 0.29) is 30.2 Å². The summed E-state index contributed by atoms with van der Waals surface area (Å²) >= 11 is 0. The van der Waals surface area contributed by atoms with Gasteiger partial charge in [0.25, 0.3) is 5.91 Å². The smallest absolute Gasteiger partial charge is 0.332 e. The largest absolute Gasteiger partial charge is 0.454 e. The zero-order valence-corrected chi connectivity index (χ0v) is 18.8. The monoisotopic (exact) mass is 435 g/mol. The minimum absolute atomic E-state index is 0.0185. The Balaban J connectivity index is 1.45. The van der Waals surface area contributed by atoms with Crippen molar-refractivity contribution in [3.05, 3.63) is 0 Å². The number of amides is 3. The van der Waals surface area contributed by atoms with Gasteiger partial charge in [0.1, 0.15) is 5.54 Å². The quantitative estimate of drug-likeness (QED) is 0.667. The second kappa shape index (κ2) is 11.0. The fraction of sp³-hybridized carbons (Fsp3) is 0.826. The van der Waals surface area contributed by atoms with Gasteiger partial charge in [0.2, 0.25) is 11.8 Å². The number of ether oxygens (including phenoxy) is 1. The number of carbonyl (C=O) groups is 4. The predicted octanol–water partition coefficient (Wildman–Crippen LogP) is 2.01. The molecule has 0 aromatic carbocycles. The summed E-state index contributed by atoms with van der Waals surface area (Å²) in [5.41, 5.74) is -1.00. The fourth-order valence-electron chi connectivity index (χ4n) is 5.15. The standard InChI is InChI=1S/C23H37N3O5/c1-18(27)24-23(11-5-4-6-12-23)22(30)31-17-20(28)25-15-9-19(10-16-25)21(29)26-13-7-2-3-8-14-26/h19H,2-17H2,1H3,(H,24,27). The van der Waals surface area contributed by atoms with E-state index in [0.717, 1.165) is 45.2 Å². The lowest BCUT2D eigenvalue weighted by molar-refractivity contribution is -0.161. The van der Waals surface area contributed by atoms with Crippen LogP contribution in [0.25, 0.3) is 0 Å². The Morgan fingerprint density at radius 2 is 1.42 bits per heavy atom. The Hall–Kier alpha value is -2.12. The molecule has 3 aliphatic rings. The summed E-state index contributed by atoms with van der Waals surface area (Å²) in [6, 6.07) is 0. The van der Waals surface area contributed by atoms with E-state index < -0.39 is 11.5 Å². The van der Waals surface area contributed by atoms with E-state index in [2.05, 4.69) is 5.32 Å². The van der Waals surface area contributed by atoms with Gasteiger partial charge in [0.15, 0.2) is 6.61 Å². The van der Waals surface area contributed by atoms with Crippen LogP contribution in [-0.2, 0) is 23.9 Å². The molecule has 0 unspecified atom stereocenters. The minimum Gasteiger partial charge on any atom is -0.454 e. The highest BCUT2D eigenvalue weighted by atomic mass is 16.5. The molecule has 8 heteroatoms. The van der Waals surface area contributed by atoms with Gasteiger partial charge in [0.05, 0.1) is 0 Å². The molecule has 0 bridgehead atoms. The van der Waals surface area contributed by atoms with Crippen LogP contribution in [0.5, 0.6) is 0 Å². The summed E-state index contributed by atoms with van der Waals surface area (Å²) in [4.78, 5) is 53.4. The lowest BCUT2D eigenvalue weighted by atomic mass is 9.81. The van der Waals surface area contributed by atoms with Crippen LogP contribution in [-0.4, -0.2) is 71.8 Å². The van der Waals surface area contributed by atoms with Crippen LogP contribution in [0.2, 0.25) is 0 Å². The molecule has 1 aliphatic carbocycles. The third-order valence-corrected chi connectivity index (χ3v) is 6.95. The summed E-state index contributed by atoms with van der Waals surface area (Å²) in [6.45, 7) is 3.81. The Bertz CT molecular complexity index is 658. The summed E-state index contributed by atoms with van der Waals surface area (Å²) in [5.74, 6) is -0.795. The van der Waals surface area contributed by atoms with Gasteiger partial charge < -0.3 is 19.9 Å². The first-order valence-corrected chi connectivity index (χ1v) is 11.9. The second-order valence-corrected chi connectivity index (χ2v) is 9.29. The molecular formula is C23H37N3O5. The molecule has 0 aromatic heterocycles. The van der Waals surface area contributed by atoms with Crippen LogP contribution in [0.4, 0.5) is 0 Å². The van der Waals surface area contributed by atoms with Crippen LogP contribution in [0.15, 0.2) is 0 Å². The van der Waals surface area contributed by atoms with Gasteiger partial charge in [-0.3, -0.25) is 14.4 Å². The Labute approximate surface area is 185 Å². The fourth-order valence-corrected chi connectivity index (χ4v) is 5.15. The molecule has 1 N–H and O–H groups in total. The highest BCUT2D eigenvalue weighted by Crippen LogP contribution is 2.29. The molecule has 31 heavy (non-hydrogen) atoms. The number of nitrogens with zero attached hydrogens (tertiary/aromatic N) is 2. The zero-order chi connectivity index (χ0) is 22.3. The van der Waals surface area contributed by atoms with Crippen LogP contribution < -0.4 is 5.32 Å². The molecule has 2 heterocycles. The average molecular weight is 436 g/mol. The highest BCUT2D eigenvalue weighted by Gasteiger charge is 2.42. The van der Waals surface area contributed by atoms with Gasteiger partial charge in [-0.25, -0.2) is 4.79 Å². The van der Waals surface area contributed by atoms with Gasteiger partial charge >= 0.3 is 5.97 Å². The van der Waals surface area contributed by atoms with E-state index in [4.69, 9.17) is 4.74 Å². The van der Waals surface area contributed by atoms with E-state index in [9.17, 15) is 19.2 Å². The lowest BCUT2D eigenvalue weighted by Crippen LogP contribution is -2.56. The van der Waals surface area contributed by atoms with E-state index in [1.807, 2.05) is 4.90 Å². The van der Waals surface area contributed by atoms with Crippen LogP contribution in [0.1, 0.15) is 77.6 Å². The van der Waals surface area contributed by atoms with Crippen LogP contribution in [0, 0.1) is 5.92 Å². The molecule has 2 saturated heterocycles. The SMILES string of the molecule is CC(=O)NC1(C(=O)OCC(=O)N2CCC(C(=O)N3CCCCCC3)CC2)CCCCC1. The third-order valence-electron chi connectivity index (χ3n) is 6.95. The molecule has 8 nitrogen and oxygen atoms in total. The topological polar surface area (TPSA) is 96.0 Å². The molecule has 3 fully saturated rings. The van der Waals surface area contributed by atoms with Gasteiger partial charge in [0, 0.05) is 39.0 Å². The van der Waals surface area contributed by atoms with Gasteiger partial charge in [-0.05, 0) is 38.5 Å². The second-order valence-electron chi connectivity index (χ2n) is 9.29. The average Bonchev–Trinajstić information content (AvgIpc) is 3.06. The van der Waals surface area contributed by atoms with E-state index in [0.29, 0.717) is 38.8 Å². The van der Waals surface area contributed by atoms with E-state index in [1.165, 1.54) is 19.8 Å². The molecule has 0 aromatic rings. The first-order chi connectivity index (χ1) is 14.9. The number of piperidine rings is 1. The number of hydrogen-bond donors (Lipinski definition) is 1. The Morgan fingerprint density at radius 3 is 2.00 bits per heavy atom. The van der Waals surface area contributed by atoms with Crippen molar-refractivity contribution in [2.45, 2.75) is 83.1 Å². The maximum absolute atomic E-state index is 12.8. The van der Waals surface area contributed by atoms with Gasteiger partial charge in [-0.15, -0.1) is 0 Å². The van der Waals surface area contributed by atoms with Crippen molar-refractivity contribution in [2.75, 3.05) is 32.8 Å². The van der Waals surface area contributed by atoms with Crippen molar-refractivity contribution in [2.24, 2.45) is 5.92 Å². The molecule has 174 valence electrons. The molecule has 0 spiro atoms. The number of esters is 1. The van der Waals surface area contributed by atoms with Crippen LogP contribution >= 0.6 is 0 Å². The molecule has 3 rings (SSSR count). The van der Waals surface area contributed by atoms with Gasteiger partial charge in [-0.1, -0.05) is 32.1 Å². The molecule has 1 saturated carbocycles. The Morgan fingerprint density at radius 1 is 0.839 bits per heavy atom. The normalized spacial score (nSPS) is 22.4. The highest BCUT2D eigenvalue weighted by molar-refractivity contribution is 5.89. The van der Waals surface area contributed by atoms with E-state index >= 15 is 0 Å².